The van der Waals surface area contributed by atoms with Gasteiger partial charge in [-0.2, -0.15) is 0 Å². The first-order valence-electron chi connectivity index (χ1n) is 6.57. The number of benzene rings is 1. The van der Waals surface area contributed by atoms with Crippen molar-refractivity contribution in [2.24, 2.45) is 5.73 Å². The van der Waals surface area contributed by atoms with Gasteiger partial charge in [-0.15, -0.1) is 0 Å². The average Bonchev–Trinajstić information content (AvgIpc) is 2.47. The Balaban J connectivity index is 2.33. The van der Waals surface area contributed by atoms with Crippen LogP contribution in [0.25, 0.3) is 0 Å². The molecule has 0 aromatic heterocycles. The first-order chi connectivity index (χ1) is 9.99. The van der Waals surface area contributed by atoms with E-state index in [0.29, 0.717) is 31.9 Å². The Morgan fingerprint density at radius 2 is 2.14 bits per heavy atom. The van der Waals surface area contributed by atoms with E-state index in [9.17, 15) is 14.9 Å². The van der Waals surface area contributed by atoms with Crippen molar-refractivity contribution in [1.82, 2.24) is 0 Å². The predicted molar refractivity (Wildman–Crippen MR) is 75.4 cm³/mol. The molecule has 1 saturated heterocycles. The number of anilines is 1. The van der Waals surface area contributed by atoms with Crippen molar-refractivity contribution < 1.29 is 19.6 Å². The molecule has 0 bridgehead atoms. The highest BCUT2D eigenvalue weighted by Gasteiger charge is 2.21. The van der Waals surface area contributed by atoms with Crippen LogP contribution in [0.5, 0.6) is 0 Å². The summed E-state index contributed by atoms with van der Waals surface area (Å²) in [4.78, 5) is 23.3. The number of ether oxygens (including phenoxy) is 1. The number of rotatable bonds is 5. The molecule has 0 radical (unpaired) electrons. The molecule has 1 aliphatic heterocycles. The standard InChI is InChI=1S/C13H17N3O5/c14-11(13(17)18)8-9-7-10(16(19)20)1-2-12(9)15-3-5-21-6-4-15/h1-2,7,11H,3-6,8,14H2,(H,17,18). The number of carboxylic acid groups (broad SMARTS) is 1. The van der Waals surface area contributed by atoms with Crippen molar-refractivity contribution in [2.75, 3.05) is 31.2 Å². The number of nitrogens with zero attached hydrogens (tertiary/aromatic N) is 2. The lowest BCUT2D eigenvalue weighted by Gasteiger charge is -2.30. The van der Waals surface area contributed by atoms with Gasteiger partial charge in [-0.1, -0.05) is 0 Å². The first kappa shape index (κ1) is 15.2. The van der Waals surface area contributed by atoms with Gasteiger partial charge in [0.05, 0.1) is 18.1 Å². The predicted octanol–water partition coefficient (Wildman–Crippen LogP) is 0.386. The quantitative estimate of drug-likeness (QED) is 0.595. The normalized spacial score (nSPS) is 16.5. The van der Waals surface area contributed by atoms with Crippen LogP contribution in [0, 0.1) is 10.1 Å². The van der Waals surface area contributed by atoms with Gasteiger partial charge in [0.25, 0.3) is 5.69 Å². The summed E-state index contributed by atoms with van der Waals surface area (Å²) in [5, 5.41) is 19.8. The monoisotopic (exact) mass is 295 g/mol. The largest absolute Gasteiger partial charge is 0.480 e. The van der Waals surface area contributed by atoms with E-state index >= 15 is 0 Å². The Morgan fingerprint density at radius 1 is 1.48 bits per heavy atom. The highest BCUT2D eigenvalue weighted by molar-refractivity contribution is 5.74. The summed E-state index contributed by atoms with van der Waals surface area (Å²) in [6, 6.07) is 3.37. The molecule has 0 saturated carbocycles. The second-order valence-electron chi connectivity index (χ2n) is 4.82. The van der Waals surface area contributed by atoms with Crippen LogP contribution in [0.15, 0.2) is 18.2 Å². The molecular formula is C13H17N3O5. The molecule has 1 fully saturated rings. The number of nitro benzene ring substituents is 1. The Bertz CT molecular complexity index is 543. The molecule has 1 aromatic rings. The summed E-state index contributed by atoms with van der Waals surface area (Å²) in [6.07, 6.45) is 0.0453. The van der Waals surface area contributed by atoms with Crippen molar-refractivity contribution >= 4 is 17.3 Å². The number of carboxylic acids is 1. The molecular weight excluding hydrogens is 278 g/mol. The molecule has 1 aromatic carbocycles. The molecule has 3 N–H and O–H groups in total. The first-order valence-corrected chi connectivity index (χ1v) is 6.57. The number of hydrogen-bond acceptors (Lipinski definition) is 6. The number of carbonyl (C=O) groups is 1. The highest BCUT2D eigenvalue weighted by atomic mass is 16.6. The van der Waals surface area contributed by atoms with Gasteiger partial charge in [0, 0.05) is 37.3 Å². The molecule has 0 aliphatic carbocycles. The Kier molecular flexibility index (Phi) is 4.71. The molecule has 1 atom stereocenters. The van der Waals surface area contributed by atoms with Crippen molar-refractivity contribution in [3.8, 4) is 0 Å². The molecule has 0 amide bonds. The molecule has 8 nitrogen and oxygen atoms in total. The summed E-state index contributed by atoms with van der Waals surface area (Å²) in [5.41, 5.74) is 6.84. The van der Waals surface area contributed by atoms with E-state index < -0.39 is 16.9 Å². The molecule has 21 heavy (non-hydrogen) atoms. The van der Waals surface area contributed by atoms with E-state index in [1.807, 2.05) is 4.90 Å². The summed E-state index contributed by atoms with van der Waals surface area (Å²) in [6.45, 7) is 2.46. The molecule has 8 heteroatoms. The van der Waals surface area contributed by atoms with E-state index in [-0.39, 0.29) is 12.1 Å². The van der Waals surface area contributed by atoms with E-state index in [2.05, 4.69) is 0 Å². The van der Waals surface area contributed by atoms with Crippen LogP contribution >= 0.6 is 0 Å². The van der Waals surface area contributed by atoms with Crippen molar-refractivity contribution in [1.29, 1.82) is 0 Å². The third-order valence-electron chi connectivity index (χ3n) is 3.38. The molecule has 114 valence electrons. The summed E-state index contributed by atoms with van der Waals surface area (Å²) in [5.74, 6) is -1.13. The zero-order valence-corrected chi connectivity index (χ0v) is 11.4. The van der Waals surface area contributed by atoms with Crippen LogP contribution in [0.2, 0.25) is 0 Å². The number of morpholine rings is 1. The zero-order chi connectivity index (χ0) is 15.4. The maximum Gasteiger partial charge on any atom is 0.320 e. The number of aliphatic carboxylic acids is 1. The zero-order valence-electron chi connectivity index (χ0n) is 11.4. The topological polar surface area (TPSA) is 119 Å². The minimum Gasteiger partial charge on any atom is -0.480 e. The van der Waals surface area contributed by atoms with Crippen molar-refractivity contribution in [3.05, 3.63) is 33.9 Å². The summed E-state index contributed by atoms with van der Waals surface area (Å²) < 4.78 is 5.27. The lowest BCUT2D eigenvalue weighted by atomic mass is 10.0. The van der Waals surface area contributed by atoms with Gasteiger partial charge in [0.1, 0.15) is 6.04 Å². The van der Waals surface area contributed by atoms with Gasteiger partial charge in [0.15, 0.2) is 0 Å². The van der Waals surface area contributed by atoms with Crippen LogP contribution in [-0.4, -0.2) is 48.3 Å². The average molecular weight is 295 g/mol. The van der Waals surface area contributed by atoms with Crippen LogP contribution in [-0.2, 0) is 16.0 Å². The van der Waals surface area contributed by atoms with Crippen LogP contribution in [0.1, 0.15) is 5.56 Å². The third-order valence-corrected chi connectivity index (χ3v) is 3.38. The SMILES string of the molecule is NC(Cc1cc([N+](=O)[O-])ccc1N1CCOCC1)C(=O)O. The fraction of sp³-hybridized carbons (Fsp3) is 0.462. The third kappa shape index (κ3) is 3.67. The number of nitrogens with two attached hydrogens (primary N) is 1. The second kappa shape index (κ2) is 6.51. The van der Waals surface area contributed by atoms with Gasteiger partial charge in [-0.3, -0.25) is 14.9 Å². The van der Waals surface area contributed by atoms with Gasteiger partial charge in [0.2, 0.25) is 0 Å². The van der Waals surface area contributed by atoms with Crippen LogP contribution in [0.3, 0.4) is 0 Å². The van der Waals surface area contributed by atoms with Gasteiger partial charge in [-0.25, -0.2) is 0 Å². The van der Waals surface area contributed by atoms with E-state index in [1.54, 1.807) is 6.07 Å². The molecule has 2 rings (SSSR count). The maximum absolute atomic E-state index is 10.9. The molecule has 1 heterocycles. The fourth-order valence-corrected chi connectivity index (χ4v) is 2.29. The number of non-ortho nitro benzene ring substituents is 1. The van der Waals surface area contributed by atoms with Crippen LogP contribution in [0.4, 0.5) is 11.4 Å². The highest BCUT2D eigenvalue weighted by Crippen LogP contribution is 2.27. The minimum absolute atomic E-state index is 0.0453. The lowest BCUT2D eigenvalue weighted by molar-refractivity contribution is -0.384. The fourth-order valence-electron chi connectivity index (χ4n) is 2.29. The minimum atomic E-state index is -1.13. The van der Waals surface area contributed by atoms with E-state index in [1.165, 1.54) is 12.1 Å². The Hall–Kier alpha value is -2.19. The number of nitro groups is 1. The summed E-state index contributed by atoms with van der Waals surface area (Å²) in [7, 11) is 0. The van der Waals surface area contributed by atoms with Gasteiger partial charge >= 0.3 is 5.97 Å². The van der Waals surface area contributed by atoms with Gasteiger partial charge in [-0.05, 0) is 11.6 Å². The van der Waals surface area contributed by atoms with Crippen LogP contribution < -0.4 is 10.6 Å². The summed E-state index contributed by atoms with van der Waals surface area (Å²) >= 11 is 0. The molecule has 1 unspecified atom stereocenters. The maximum atomic E-state index is 10.9. The number of hydrogen-bond donors (Lipinski definition) is 2. The Morgan fingerprint density at radius 3 is 2.71 bits per heavy atom. The van der Waals surface area contributed by atoms with Gasteiger partial charge < -0.3 is 20.5 Å². The Labute approximate surface area is 121 Å². The van der Waals surface area contributed by atoms with Crippen molar-refractivity contribution in [3.63, 3.8) is 0 Å². The smallest absolute Gasteiger partial charge is 0.320 e. The second-order valence-corrected chi connectivity index (χ2v) is 4.82. The van der Waals surface area contributed by atoms with E-state index in [0.717, 1.165) is 5.69 Å². The van der Waals surface area contributed by atoms with E-state index in [4.69, 9.17) is 15.6 Å². The molecule has 1 aliphatic rings. The lowest BCUT2D eigenvalue weighted by Crippen LogP contribution is -2.38. The van der Waals surface area contributed by atoms with Crippen molar-refractivity contribution in [2.45, 2.75) is 12.5 Å². The molecule has 0 spiro atoms.